The number of hydrogen-bond acceptors (Lipinski definition) is 6. The van der Waals surface area contributed by atoms with Crippen LogP contribution in [-0.4, -0.2) is 35.4 Å². The van der Waals surface area contributed by atoms with Gasteiger partial charge in [-0.05, 0) is 62.4 Å². The number of aryl methyl sites for hydroxylation is 1. The van der Waals surface area contributed by atoms with Crippen LogP contribution in [0.25, 0.3) is 0 Å². The van der Waals surface area contributed by atoms with E-state index in [1.807, 2.05) is 6.92 Å². The minimum absolute atomic E-state index is 0.00528. The highest BCUT2D eigenvalue weighted by atomic mass is 32.2. The summed E-state index contributed by atoms with van der Waals surface area (Å²) in [6, 6.07) is 4.35. The van der Waals surface area contributed by atoms with Crippen molar-refractivity contribution in [2.24, 2.45) is 16.6 Å². The van der Waals surface area contributed by atoms with Crippen LogP contribution < -0.4 is 11.1 Å². The fraction of sp³-hybridized carbons (Fsp3) is 0.458. The summed E-state index contributed by atoms with van der Waals surface area (Å²) >= 11 is 0. The molecule has 2 aliphatic rings. The fourth-order valence-corrected chi connectivity index (χ4v) is 7.50. The van der Waals surface area contributed by atoms with Crippen molar-refractivity contribution in [3.05, 3.63) is 58.7 Å². The lowest BCUT2D eigenvalue weighted by atomic mass is 9.92. The van der Waals surface area contributed by atoms with Gasteiger partial charge in [0.1, 0.15) is 27.6 Å². The number of nitrogens with zero attached hydrogens (tertiary/aromatic N) is 2. The van der Waals surface area contributed by atoms with Crippen molar-refractivity contribution in [3.8, 4) is 0 Å². The first kappa shape index (κ1) is 26.1. The molecule has 36 heavy (non-hydrogen) atoms. The highest BCUT2D eigenvalue weighted by Gasteiger charge is 2.72. The van der Waals surface area contributed by atoms with E-state index in [0.29, 0.717) is 12.8 Å². The van der Waals surface area contributed by atoms with Crippen molar-refractivity contribution in [2.45, 2.75) is 62.2 Å². The number of aromatic nitrogens is 1. The van der Waals surface area contributed by atoms with E-state index in [4.69, 9.17) is 5.73 Å². The van der Waals surface area contributed by atoms with Crippen molar-refractivity contribution in [1.82, 2.24) is 4.98 Å². The molecule has 1 aliphatic heterocycles. The number of anilines is 1. The number of benzene rings is 1. The molecular formula is C24H26F4N4O3S. The summed E-state index contributed by atoms with van der Waals surface area (Å²) in [4.78, 5) is 20.7. The Kier molecular flexibility index (Phi) is 6.39. The minimum atomic E-state index is -4.47. The number of sulfone groups is 1. The summed E-state index contributed by atoms with van der Waals surface area (Å²) in [6.07, 6.45) is -0.473. The molecule has 0 bridgehead atoms. The van der Waals surface area contributed by atoms with Crippen LogP contribution in [0.4, 0.5) is 23.2 Å². The number of nitrogens with one attached hydrogen (secondary N) is 1. The van der Waals surface area contributed by atoms with E-state index in [1.54, 1.807) is 0 Å². The molecule has 2 heterocycles. The smallest absolute Gasteiger partial charge is 0.274 e. The molecule has 12 heteroatoms. The first-order chi connectivity index (χ1) is 16.8. The van der Waals surface area contributed by atoms with E-state index in [1.165, 1.54) is 13.0 Å². The van der Waals surface area contributed by atoms with Crippen LogP contribution in [0.3, 0.4) is 0 Å². The van der Waals surface area contributed by atoms with E-state index in [0.717, 1.165) is 31.3 Å². The maximum absolute atomic E-state index is 15.7. The molecule has 4 rings (SSSR count). The van der Waals surface area contributed by atoms with Crippen LogP contribution in [0.5, 0.6) is 0 Å². The molecule has 1 aromatic carbocycles. The normalized spacial score (nSPS) is 28.7. The van der Waals surface area contributed by atoms with Crippen LogP contribution in [0.2, 0.25) is 0 Å². The molecule has 4 atom stereocenters. The van der Waals surface area contributed by atoms with Gasteiger partial charge < -0.3 is 11.1 Å². The molecule has 194 valence electrons. The van der Waals surface area contributed by atoms with Crippen molar-refractivity contribution < 1.29 is 30.8 Å². The van der Waals surface area contributed by atoms with Gasteiger partial charge in [-0.15, -0.1) is 0 Å². The summed E-state index contributed by atoms with van der Waals surface area (Å²) in [6.45, 7) is 4.46. The standard InChI is InChI=1S/C24H26F4N4O3S/c1-4-5-14-10-24(14)22(29)32-23(3,21(28)36(24,34)35)16-9-15(6-7-17(16)25)31-20(33)18-12(2)8-13(11-30-18)19(26)27/h6-9,11,14,19,21H,4-5,10H2,1-3H3,(H2,29,32)(H,31,33). The van der Waals surface area contributed by atoms with E-state index in [-0.39, 0.29) is 40.7 Å². The van der Waals surface area contributed by atoms with Crippen molar-refractivity contribution in [2.75, 3.05) is 5.32 Å². The second-order valence-corrected chi connectivity index (χ2v) is 11.7. The maximum atomic E-state index is 15.7. The van der Waals surface area contributed by atoms with Crippen molar-refractivity contribution in [3.63, 3.8) is 0 Å². The molecule has 1 amide bonds. The molecule has 1 spiro atoms. The minimum Gasteiger partial charge on any atom is -0.386 e. The summed E-state index contributed by atoms with van der Waals surface area (Å²) < 4.78 is 81.4. The number of rotatable bonds is 6. The lowest BCUT2D eigenvalue weighted by Crippen LogP contribution is -2.55. The highest BCUT2D eigenvalue weighted by Crippen LogP contribution is 2.59. The number of halogens is 4. The maximum Gasteiger partial charge on any atom is 0.274 e. The molecule has 4 unspecified atom stereocenters. The number of nitrogens with two attached hydrogens (primary N) is 1. The third kappa shape index (κ3) is 3.86. The zero-order valence-corrected chi connectivity index (χ0v) is 20.7. The second-order valence-electron chi connectivity index (χ2n) is 9.47. The lowest BCUT2D eigenvalue weighted by molar-refractivity contribution is 0.102. The summed E-state index contributed by atoms with van der Waals surface area (Å²) in [5, 5.41) is 2.46. The first-order valence-corrected chi connectivity index (χ1v) is 12.9. The Morgan fingerprint density at radius 1 is 1.31 bits per heavy atom. The van der Waals surface area contributed by atoms with Gasteiger partial charge in [0.25, 0.3) is 12.3 Å². The van der Waals surface area contributed by atoms with Crippen molar-refractivity contribution in [1.29, 1.82) is 0 Å². The zero-order chi connectivity index (χ0) is 26.6. The molecular weight excluding hydrogens is 500 g/mol. The molecule has 2 aromatic rings. The predicted octanol–water partition coefficient (Wildman–Crippen LogP) is 4.57. The average molecular weight is 527 g/mol. The Labute approximate surface area is 206 Å². The van der Waals surface area contributed by atoms with Gasteiger partial charge >= 0.3 is 0 Å². The fourth-order valence-electron chi connectivity index (χ4n) is 5.00. The zero-order valence-electron chi connectivity index (χ0n) is 19.9. The van der Waals surface area contributed by atoms with Gasteiger partial charge in [0.05, 0.1) is 0 Å². The number of amides is 1. The second kappa shape index (κ2) is 8.82. The largest absolute Gasteiger partial charge is 0.386 e. The molecule has 7 nitrogen and oxygen atoms in total. The molecule has 1 fully saturated rings. The Morgan fingerprint density at radius 3 is 2.61 bits per heavy atom. The lowest BCUT2D eigenvalue weighted by Gasteiger charge is -2.38. The molecule has 1 aliphatic carbocycles. The molecule has 1 saturated carbocycles. The van der Waals surface area contributed by atoms with Gasteiger partial charge in [-0.1, -0.05) is 13.3 Å². The van der Waals surface area contributed by atoms with Crippen LogP contribution in [0.15, 0.2) is 35.5 Å². The summed E-state index contributed by atoms with van der Waals surface area (Å²) in [5.74, 6) is -2.30. The SMILES string of the molecule is CCCC1CC12C(N)=NC(C)(c1cc(NC(=O)c3ncc(C(F)F)cc3C)ccc1F)C(F)S2(=O)=O. The molecule has 0 saturated heterocycles. The van der Waals surface area contributed by atoms with Gasteiger partial charge in [0, 0.05) is 23.0 Å². The van der Waals surface area contributed by atoms with E-state index < -0.39 is 49.3 Å². The van der Waals surface area contributed by atoms with Gasteiger partial charge in [-0.2, -0.15) is 0 Å². The summed E-state index contributed by atoms with van der Waals surface area (Å²) in [7, 11) is -4.47. The molecule has 3 N–H and O–H groups in total. The Bertz CT molecular complexity index is 1370. The number of carbonyl (C=O) groups is 1. The van der Waals surface area contributed by atoms with Crippen LogP contribution in [0, 0.1) is 18.7 Å². The van der Waals surface area contributed by atoms with Crippen molar-refractivity contribution >= 4 is 27.3 Å². The van der Waals surface area contributed by atoms with E-state index in [9.17, 15) is 26.4 Å². The monoisotopic (exact) mass is 526 g/mol. The highest BCUT2D eigenvalue weighted by molar-refractivity contribution is 7.94. The van der Waals surface area contributed by atoms with E-state index in [2.05, 4.69) is 15.3 Å². The number of amidine groups is 1. The summed E-state index contributed by atoms with van der Waals surface area (Å²) in [5.41, 5.74) is 0.643. The number of hydrogen-bond donors (Lipinski definition) is 2. The molecule has 1 aromatic heterocycles. The van der Waals surface area contributed by atoms with Gasteiger partial charge in [0.15, 0.2) is 9.84 Å². The topological polar surface area (TPSA) is 115 Å². The van der Waals surface area contributed by atoms with Crippen LogP contribution >= 0.6 is 0 Å². The van der Waals surface area contributed by atoms with Gasteiger partial charge in [-0.25, -0.2) is 26.0 Å². The van der Waals surface area contributed by atoms with Crippen LogP contribution in [-0.2, 0) is 15.4 Å². The number of aliphatic imine (C=N–C) groups is 1. The average Bonchev–Trinajstić information content (AvgIpc) is 3.54. The van der Waals surface area contributed by atoms with Gasteiger partial charge in [0.2, 0.25) is 5.50 Å². The first-order valence-electron chi connectivity index (χ1n) is 11.4. The third-order valence-electron chi connectivity index (χ3n) is 7.03. The van der Waals surface area contributed by atoms with Gasteiger partial charge in [-0.3, -0.25) is 14.8 Å². The Morgan fingerprint density at radius 2 is 2.00 bits per heavy atom. The van der Waals surface area contributed by atoms with E-state index >= 15 is 4.39 Å². The van der Waals surface area contributed by atoms with Crippen LogP contribution in [0.1, 0.15) is 66.7 Å². The Balaban J connectivity index is 1.69. The third-order valence-corrected chi connectivity index (χ3v) is 9.76. The number of alkyl halides is 3. The number of carbonyl (C=O) groups excluding carboxylic acids is 1. The molecule has 0 radical (unpaired) electrons. The Hall–Kier alpha value is -3.02. The quantitative estimate of drug-likeness (QED) is 0.535. The number of pyridine rings is 1. The predicted molar refractivity (Wildman–Crippen MR) is 127 cm³/mol.